The van der Waals surface area contributed by atoms with Crippen LogP contribution in [-0.4, -0.2) is 25.1 Å². The standard InChI is InChI=1S/C23H27NO4/c1-5-27-18-13-10-17(11-14-18)12-15-22(26)28-16-21(25)24-20-9-7-6-8-19(20)23(2,3)4/h6-15H,5,16H2,1-4H3,(H,24,25)/b15-12+. The number of ether oxygens (including phenoxy) is 2. The topological polar surface area (TPSA) is 64.6 Å². The van der Waals surface area contributed by atoms with Crippen LogP contribution in [0.15, 0.2) is 54.6 Å². The first-order valence-corrected chi connectivity index (χ1v) is 9.26. The second-order valence-electron chi connectivity index (χ2n) is 7.29. The van der Waals surface area contributed by atoms with Crippen molar-refractivity contribution in [2.45, 2.75) is 33.1 Å². The van der Waals surface area contributed by atoms with Crippen molar-refractivity contribution in [3.63, 3.8) is 0 Å². The van der Waals surface area contributed by atoms with Gasteiger partial charge in [0.1, 0.15) is 5.75 Å². The summed E-state index contributed by atoms with van der Waals surface area (Å²) in [6.45, 7) is 8.40. The molecule has 1 amide bonds. The highest BCUT2D eigenvalue weighted by Gasteiger charge is 2.18. The zero-order chi connectivity index (χ0) is 20.6. The van der Waals surface area contributed by atoms with Crippen molar-refractivity contribution in [3.05, 3.63) is 65.7 Å². The molecule has 0 aliphatic heterocycles. The SMILES string of the molecule is CCOc1ccc(/C=C/C(=O)OCC(=O)Nc2ccccc2C(C)(C)C)cc1. The van der Waals surface area contributed by atoms with Crippen LogP contribution in [0.2, 0.25) is 0 Å². The average Bonchev–Trinajstić information content (AvgIpc) is 2.65. The van der Waals surface area contributed by atoms with Gasteiger partial charge in [0.05, 0.1) is 6.61 Å². The number of rotatable bonds is 7. The smallest absolute Gasteiger partial charge is 0.331 e. The number of amides is 1. The fourth-order valence-electron chi connectivity index (χ4n) is 2.62. The monoisotopic (exact) mass is 381 g/mol. The zero-order valence-electron chi connectivity index (χ0n) is 16.8. The van der Waals surface area contributed by atoms with E-state index in [-0.39, 0.29) is 17.9 Å². The number of hydrogen-bond donors (Lipinski definition) is 1. The van der Waals surface area contributed by atoms with Gasteiger partial charge in [-0.05, 0) is 47.7 Å². The second kappa shape index (κ2) is 9.74. The molecular formula is C23H27NO4. The van der Waals surface area contributed by atoms with Crippen LogP contribution in [0.4, 0.5) is 5.69 Å². The van der Waals surface area contributed by atoms with Crippen LogP contribution >= 0.6 is 0 Å². The largest absolute Gasteiger partial charge is 0.494 e. The fourth-order valence-corrected chi connectivity index (χ4v) is 2.62. The molecule has 2 aromatic carbocycles. The predicted octanol–water partition coefficient (Wildman–Crippen LogP) is 4.58. The first-order valence-electron chi connectivity index (χ1n) is 9.26. The highest BCUT2D eigenvalue weighted by Crippen LogP contribution is 2.29. The van der Waals surface area contributed by atoms with Crippen LogP contribution in [-0.2, 0) is 19.7 Å². The molecular weight excluding hydrogens is 354 g/mol. The van der Waals surface area contributed by atoms with Gasteiger partial charge in [-0.15, -0.1) is 0 Å². The molecule has 2 aromatic rings. The van der Waals surface area contributed by atoms with E-state index in [9.17, 15) is 9.59 Å². The summed E-state index contributed by atoms with van der Waals surface area (Å²) in [6, 6.07) is 14.9. The first kappa shape index (κ1) is 21.2. The Bertz CT molecular complexity index is 832. The maximum Gasteiger partial charge on any atom is 0.331 e. The molecule has 0 radical (unpaired) electrons. The minimum atomic E-state index is -0.576. The van der Waals surface area contributed by atoms with Crippen LogP contribution in [0.3, 0.4) is 0 Å². The third kappa shape index (κ3) is 6.58. The van der Waals surface area contributed by atoms with Gasteiger partial charge in [0.25, 0.3) is 5.91 Å². The lowest BCUT2D eigenvalue weighted by Gasteiger charge is -2.22. The lowest BCUT2D eigenvalue weighted by atomic mass is 9.86. The van der Waals surface area contributed by atoms with Crippen molar-refractivity contribution in [2.75, 3.05) is 18.5 Å². The summed E-state index contributed by atoms with van der Waals surface area (Å²) < 4.78 is 10.4. The Morgan fingerprint density at radius 1 is 1.04 bits per heavy atom. The van der Waals surface area contributed by atoms with E-state index < -0.39 is 5.97 Å². The summed E-state index contributed by atoms with van der Waals surface area (Å²) >= 11 is 0. The molecule has 5 heteroatoms. The summed E-state index contributed by atoms with van der Waals surface area (Å²) in [5.74, 6) is -0.179. The van der Waals surface area contributed by atoms with Gasteiger partial charge in [0.15, 0.2) is 6.61 Å². The third-order valence-electron chi connectivity index (χ3n) is 3.96. The molecule has 0 unspecified atom stereocenters. The van der Waals surface area contributed by atoms with Gasteiger partial charge >= 0.3 is 5.97 Å². The Morgan fingerprint density at radius 2 is 1.71 bits per heavy atom. The first-order chi connectivity index (χ1) is 13.3. The molecule has 0 aliphatic carbocycles. The molecule has 148 valence electrons. The van der Waals surface area contributed by atoms with Crippen LogP contribution in [0.5, 0.6) is 5.75 Å². The van der Waals surface area contributed by atoms with E-state index in [1.165, 1.54) is 6.08 Å². The Morgan fingerprint density at radius 3 is 2.36 bits per heavy atom. The van der Waals surface area contributed by atoms with Gasteiger partial charge in [-0.3, -0.25) is 4.79 Å². The highest BCUT2D eigenvalue weighted by molar-refractivity contribution is 5.95. The molecule has 28 heavy (non-hydrogen) atoms. The van der Waals surface area contributed by atoms with Gasteiger partial charge in [-0.1, -0.05) is 51.1 Å². The van der Waals surface area contributed by atoms with Crippen LogP contribution in [0, 0.1) is 0 Å². The van der Waals surface area contributed by atoms with Gasteiger partial charge in [0.2, 0.25) is 0 Å². The Balaban J connectivity index is 1.87. The maximum absolute atomic E-state index is 12.1. The molecule has 0 saturated carbocycles. The Hall–Kier alpha value is -3.08. The molecule has 5 nitrogen and oxygen atoms in total. The van der Waals surface area contributed by atoms with Crippen molar-refractivity contribution in [3.8, 4) is 5.75 Å². The average molecular weight is 381 g/mol. The van der Waals surface area contributed by atoms with E-state index in [1.807, 2.05) is 55.5 Å². The van der Waals surface area contributed by atoms with Crippen molar-refractivity contribution >= 4 is 23.6 Å². The number of esters is 1. The van der Waals surface area contributed by atoms with Crippen molar-refractivity contribution in [2.24, 2.45) is 0 Å². The number of para-hydroxylation sites is 1. The van der Waals surface area contributed by atoms with E-state index in [0.29, 0.717) is 6.61 Å². The van der Waals surface area contributed by atoms with E-state index in [4.69, 9.17) is 9.47 Å². The molecule has 1 N–H and O–H groups in total. The number of carbonyl (C=O) groups is 2. The predicted molar refractivity (Wildman–Crippen MR) is 111 cm³/mol. The molecule has 0 aromatic heterocycles. The quantitative estimate of drug-likeness (QED) is 0.563. The second-order valence-corrected chi connectivity index (χ2v) is 7.29. The number of nitrogens with one attached hydrogen (secondary N) is 1. The molecule has 0 aliphatic rings. The van der Waals surface area contributed by atoms with E-state index in [0.717, 1.165) is 22.6 Å². The molecule has 0 saturated heterocycles. The lowest BCUT2D eigenvalue weighted by molar-refractivity contribution is -0.142. The van der Waals surface area contributed by atoms with Crippen molar-refractivity contribution in [1.29, 1.82) is 0 Å². The molecule has 0 fully saturated rings. The summed E-state index contributed by atoms with van der Waals surface area (Å²) in [7, 11) is 0. The summed E-state index contributed by atoms with van der Waals surface area (Å²) in [4.78, 5) is 24.0. The van der Waals surface area contributed by atoms with Gasteiger partial charge < -0.3 is 14.8 Å². The summed E-state index contributed by atoms with van der Waals surface area (Å²) in [5.41, 5.74) is 2.47. The molecule has 2 rings (SSSR count). The van der Waals surface area contributed by atoms with Gasteiger partial charge in [0, 0.05) is 11.8 Å². The van der Waals surface area contributed by atoms with Crippen LogP contribution < -0.4 is 10.1 Å². The number of carbonyl (C=O) groups excluding carboxylic acids is 2. The number of anilines is 1. The Labute approximate surface area is 166 Å². The molecule has 0 spiro atoms. The van der Waals surface area contributed by atoms with Gasteiger partial charge in [-0.2, -0.15) is 0 Å². The number of hydrogen-bond acceptors (Lipinski definition) is 4. The molecule has 0 bridgehead atoms. The minimum absolute atomic E-state index is 0.110. The molecule has 0 atom stereocenters. The number of benzene rings is 2. The summed E-state index contributed by atoms with van der Waals surface area (Å²) in [5, 5.41) is 2.81. The van der Waals surface area contributed by atoms with E-state index in [1.54, 1.807) is 6.08 Å². The Kier molecular flexibility index (Phi) is 7.38. The van der Waals surface area contributed by atoms with Crippen molar-refractivity contribution in [1.82, 2.24) is 0 Å². The fraction of sp³-hybridized carbons (Fsp3) is 0.304. The lowest BCUT2D eigenvalue weighted by Crippen LogP contribution is -2.23. The minimum Gasteiger partial charge on any atom is -0.494 e. The van der Waals surface area contributed by atoms with Gasteiger partial charge in [-0.25, -0.2) is 4.79 Å². The highest BCUT2D eigenvalue weighted by atomic mass is 16.5. The normalized spacial score (nSPS) is 11.3. The molecule has 0 heterocycles. The van der Waals surface area contributed by atoms with E-state index in [2.05, 4.69) is 26.1 Å². The van der Waals surface area contributed by atoms with E-state index >= 15 is 0 Å². The third-order valence-corrected chi connectivity index (χ3v) is 3.96. The van der Waals surface area contributed by atoms with Crippen LogP contribution in [0.1, 0.15) is 38.8 Å². The maximum atomic E-state index is 12.1. The van der Waals surface area contributed by atoms with Crippen LogP contribution in [0.25, 0.3) is 6.08 Å². The zero-order valence-corrected chi connectivity index (χ0v) is 16.8. The summed E-state index contributed by atoms with van der Waals surface area (Å²) in [6.07, 6.45) is 2.93. The van der Waals surface area contributed by atoms with Crippen molar-refractivity contribution < 1.29 is 19.1 Å².